The summed E-state index contributed by atoms with van der Waals surface area (Å²) in [6.07, 6.45) is 0. The number of amides is 2. The van der Waals surface area contributed by atoms with Gasteiger partial charge in [0.15, 0.2) is 0 Å². The molecule has 1 aromatic carbocycles. The van der Waals surface area contributed by atoms with Gasteiger partial charge in [-0.25, -0.2) is 0 Å². The first-order chi connectivity index (χ1) is 9.97. The fraction of sp³-hybridized carbons (Fsp3) is 0.500. The predicted octanol–water partition coefficient (Wildman–Crippen LogP) is 1.68. The highest BCUT2D eigenvalue weighted by atomic mass is 16.2. The predicted molar refractivity (Wildman–Crippen MR) is 82.8 cm³/mol. The van der Waals surface area contributed by atoms with Crippen molar-refractivity contribution in [3.8, 4) is 0 Å². The molecule has 0 aromatic heterocycles. The minimum atomic E-state index is -0.102. The highest BCUT2D eigenvalue weighted by molar-refractivity contribution is 5.88. The lowest BCUT2D eigenvalue weighted by molar-refractivity contribution is -0.126. The first-order valence-electron chi connectivity index (χ1n) is 7.36. The molecule has 0 bridgehead atoms. The normalized spacial score (nSPS) is 22.6. The first kappa shape index (κ1) is 15.5. The molecule has 21 heavy (non-hydrogen) atoms. The van der Waals surface area contributed by atoms with Gasteiger partial charge in [0, 0.05) is 19.2 Å². The van der Waals surface area contributed by atoms with Crippen LogP contribution in [0.1, 0.15) is 32.4 Å². The molecule has 0 spiro atoms. The van der Waals surface area contributed by atoms with E-state index >= 15 is 0 Å². The van der Waals surface area contributed by atoms with Crippen molar-refractivity contribution in [2.75, 3.05) is 18.4 Å². The number of nitrogens with one attached hydrogen (secondary N) is 3. The lowest BCUT2D eigenvalue weighted by Crippen LogP contribution is -2.35. The number of benzene rings is 1. The number of hydrogen-bond acceptors (Lipinski definition) is 3. The lowest BCUT2D eigenvalue weighted by Gasteiger charge is -2.20. The van der Waals surface area contributed by atoms with E-state index in [0.717, 1.165) is 24.3 Å². The van der Waals surface area contributed by atoms with Crippen molar-refractivity contribution in [1.82, 2.24) is 10.6 Å². The van der Waals surface area contributed by atoms with Crippen molar-refractivity contribution in [2.24, 2.45) is 11.8 Å². The van der Waals surface area contributed by atoms with Gasteiger partial charge in [-0.2, -0.15) is 0 Å². The van der Waals surface area contributed by atoms with Crippen LogP contribution in [0.25, 0.3) is 0 Å². The summed E-state index contributed by atoms with van der Waals surface area (Å²) in [5.74, 6) is 0.383. The Labute approximate surface area is 125 Å². The summed E-state index contributed by atoms with van der Waals surface area (Å²) in [7, 11) is 0. The Balaban J connectivity index is 2.01. The molecule has 0 aliphatic carbocycles. The molecule has 1 fully saturated rings. The summed E-state index contributed by atoms with van der Waals surface area (Å²) in [4.78, 5) is 23.4. The third-order valence-electron chi connectivity index (χ3n) is 3.92. The Hall–Kier alpha value is -1.88. The Morgan fingerprint density at radius 1 is 1.33 bits per heavy atom. The largest absolute Gasteiger partial charge is 0.349 e. The maximum Gasteiger partial charge on any atom is 0.225 e. The van der Waals surface area contributed by atoms with E-state index in [2.05, 4.69) is 22.9 Å². The molecule has 1 aromatic rings. The zero-order valence-corrected chi connectivity index (χ0v) is 12.8. The monoisotopic (exact) mass is 289 g/mol. The Morgan fingerprint density at radius 2 is 2.10 bits per heavy atom. The van der Waals surface area contributed by atoms with Gasteiger partial charge in [-0.1, -0.05) is 19.1 Å². The minimum Gasteiger partial charge on any atom is -0.349 e. The zero-order chi connectivity index (χ0) is 15.4. The van der Waals surface area contributed by atoms with E-state index in [1.807, 2.05) is 31.2 Å². The second-order valence-electron chi connectivity index (χ2n) is 5.78. The maximum atomic E-state index is 12.3. The Morgan fingerprint density at radius 3 is 2.71 bits per heavy atom. The first-order valence-corrected chi connectivity index (χ1v) is 7.36. The standard InChI is InChI=1S/C16H23N3O2/c1-10-8-17-9-15(10)16(21)18-11(2)13-5-4-6-14(7-13)19-12(3)20/h4-7,10-11,15,17H,8-9H2,1-3H3,(H,18,21)(H,19,20)/t10-,11?,15-/m1/s1. The van der Waals surface area contributed by atoms with E-state index in [4.69, 9.17) is 0 Å². The second kappa shape index (κ2) is 6.72. The summed E-state index contributed by atoms with van der Waals surface area (Å²) in [5.41, 5.74) is 1.73. The quantitative estimate of drug-likeness (QED) is 0.790. The molecule has 3 N–H and O–H groups in total. The maximum absolute atomic E-state index is 12.3. The third kappa shape index (κ3) is 4.04. The van der Waals surface area contributed by atoms with E-state index < -0.39 is 0 Å². The van der Waals surface area contributed by atoms with Crippen molar-refractivity contribution in [3.05, 3.63) is 29.8 Å². The van der Waals surface area contributed by atoms with Crippen LogP contribution in [-0.2, 0) is 9.59 Å². The zero-order valence-electron chi connectivity index (χ0n) is 12.8. The van der Waals surface area contributed by atoms with E-state index in [0.29, 0.717) is 5.92 Å². The van der Waals surface area contributed by atoms with E-state index in [-0.39, 0.29) is 23.8 Å². The third-order valence-corrected chi connectivity index (χ3v) is 3.92. The van der Waals surface area contributed by atoms with E-state index in [1.54, 1.807) is 0 Å². The van der Waals surface area contributed by atoms with Gasteiger partial charge in [-0.15, -0.1) is 0 Å². The minimum absolute atomic E-state index is 0.0333. The van der Waals surface area contributed by atoms with Gasteiger partial charge >= 0.3 is 0 Å². The number of hydrogen-bond donors (Lipinski definition) is 3. The topological polar surface area (TPSA) is 70.2 Å². The molecule has 5 heteroatoms. The average Bonchev–Trinajstić information content (AvgIpc) is 2.84. The van der Waals surface area contributed by atoms with Crippen LogP contribution >= 0.6 is 0 Å². The van der Waals surface area contributed by atoms with Gasteiger partial charge in [-0.05, 0) is 37.1 Å². The van der Waals surface area contributed by atoms with Gasteiger partial charge < -0.3 is 16.0 Å². The van der Waals surface area contributed by atoms with Gasteiger partial charge in [0.1, 0.15) is 0 Å². The number of rotatable bonds is 4. The summed E-state index contributed by atoms with van der Waals surface area (Å²) in [6.45, 7) is 7.16. The fourth-order valence-electron chi connectivity index (χ4n) is 2.65. The lowest BCUT2D eigenvalue weighted by atomic mass is 9.96. The smallest absolute Gasteiger partial charge is 0.225 e. The molecule has 1 heterocycles. The summed E-state index contributed by atoms with van der Waals surface area (Å²) in [5, 5.41) is 9.05. The van der Waals surface area contributed by atoms with Crippen molar-refractivity contribution >= 4 is 17.5 Å². The SMILES string of the molecule is CC(=O)Nc1cccc(C(C)NC(=O)[C@@H]2CNC[C@H]2C)c1. The Bertz CT molecular complexity index is 530. The number of anilines is 1. The van der Waals surface area contributed by atoms with E-state index in [1.165, 1.54) is 6.92 Å². The van der Waals surface area contributed by atoms with Crippen molar-refractivity contribution < 1.29 is 9.59 Å². The molecule has 114 valence electrons. The molecule has 1 saturated heterocycles. The molecule has 2 amide bonds. The van der Waals surface area contributed by atoms with Crippen LogP contribution in [0, 0.1) is 11.8 Å². The van der Waals surface area contributed by atoms with Crippen LogP contribution in [0.3, 0.4) is 0 Å². The Kier molecular flexibility index (Phi) is 4.96. The van der Waals surface area contributed by atoms with Crippen LogP contribution in [0.5, 0.6) is 0 Å². The molecule has 0 radical (unpaired) electrons. The van der Waals surface area contributed by atoms with Crippen molar-refractivity contribution in [1.29, 1.82) is 0 Å². The van der Waals surface area contributed by atoms with Crippen LogP contribution in [0.4, 0.5) is 5.69 Å². The van der Waals surface area contributed by atoms with Gasteiger partial charge in [0.2, 0.25) is 11.8 Å². The fourth-order valence-corrected chi connectivity index (χ4v) is 2.65. The van der Waals surface area contributed by atoms with Crippen LogP contribution in [0.15, 0.2) is 24.3 Å². The van der Waals surface area contributed by atoms with Crippen LogP contribution < -0.4 is 16.0 Å². The highest BCUT2D eigenvalue weighted by Crippen LogP contribution is 2.20. The summed E-state index contributed by atoms with van der Waals surface area (Å²) < 4.78 is 0. The molecule has 1 aliphatic rings. The van der Waals surface area contributed by atoms with Gasteiger partial charge in [0.05, 0.1) is 12.0 Å². The molecule has 2 rings (SSSR count). The number of carbonyl (C=O) groups excluding carboxylic acids is 2. The summed E-state index contributed by atoms with van der Waals surface area (Å²) >= 11 is 0. The van der Waals surface area contributed by atoms with E-state index in [9.17, 15) is 9.59 Å². The van der Waals surface area contributed by atoms with Gasteiger partial charge in [-0.3, -0.25) is 9.59 Å². The van der Waals surface area contributed by atoms with Gasteiger partial charge in [0.25, 0.3) is 0 Å². The highest BCUT2D eigenvalue weighted by Gasteiger charge is 2.30. The average molecular weight is 289 g/mol. The summed E-state index contributed by atoms with van der Waals surface area (Å²) in [6, 6.07) is 7.47. The van der Waals surface area contributed by atoms with Crippen molar-refractivity contribution in [2.45, 2.75) is 26.8 Å². The molecule has 3 atom stereocenters. The van der Waals surface area contributed by atoms with Crippen LogP contribution in [-0.4, -0.2) is 24.9 Å². The molecule has 1 unspecified atom stereocenters. The molecule has 1 aliphatic heterocycles. The molecule has 5 nitrogen and oxygen atoms in total. The second-order valence-corrected chi connectivity index (χ2v) is 5.78. The molecular weight excluding hydrogens is 266 g/mol. The number of carbonyl (C=O) groups is 2. The molecular formula is C16H23N3O2. The van der Waals surface area contributed by atoms with Crippen molar-refractivity contribution in [3.63, 3.8) is 0 Å². The molecule has 0 saturated carbocycles. The van der Waals surface area contributed by atoms with Crippen LogP contribution in [0.2, 0.25) is 0 Å².